The van der Waals surface area contributed by atoms with E-state index in [-0.39, 0.29) is 22.6 Å². The van der Waals surface area contributed by atoms with Gasteiger partial charge in [-0.2, -0.15) is 0 Å². The monoisotopic (exact) mass is 401 g/mol. The quantitative estimate of drug-likeness (QED) is 0.819. The summed E-state index contributed by atoms with van der Waals surface area (Å²) in [5, 5.41) is 3.02. The first-order chi connectivity index (χ1) is 10.8. The van der Waals surface area contributed by atoms with E-state index in [0.29, 0.717) is 5.92 Å². The van der Waals surface area contributed by atoms with Crippen LogP contribution in [0.4, 0.5) is 0 Å². The van der Waals surface area contributed by atoms with E-state index in [9.17, 15) is 13.2 Å². The summed E-state index contributed by atoms with van der Waals surface area (Å²) in [6, 6.07) is 6.70. The molecule has 0 saturated heterocycles. The van der Waals surface area contributed by atoms with Crippen LogP contribution in [0.3, 0.4) is 0 Å². The summed E-state index contributed by atoms with van der Waals surface area (Å²) in [7, 11) is -3.45. The summed E-state index contributed by atoms with van der Waals surface area (Å²) in [4.78, 5) is 12.6. The number of halogens is 1. The molecule has 6 heteroatoms. The van der Waals surface area contributed by atoms with Gasteiger partial charge in [0.1, 0.15) is 0 Å². The van der Waals surface area contributed by atoms with Crippen LogP contribution in [0.15, 0.2) is 33.6 Å². The van der Waals surface area contributed by atoms with Gasteiger partial charge < -0.3 is 5.32 Å². The first-order valence-electron chi connectivity index (χ1n) is 8.06. The van der Waals surface area contributed by atoms with Crippen molar-refractivity contribution in [2.75, 3.05) is 5.75 Å². The van der Waals surface area contributed by atoms with Gasteiger partial charge in [-0.15, -0.1) is 0 Å². The van der Waals surface area contributed by atoms with Crippen LogP contribution in [0, 0.1) is 11.8 Å². The largest absolute Gasteiger partial charge is 0.353 e. The van der Waals surface area contributed by atoms with E-state index in [1.807, 2.05) is 0 Å². The number of sulfone groups is 1. The Morgan fingerprint density at radius 2 is 1.96 bits per heavy atom. The van der Waals surface area contributed by atoms with Gasteiger partial charge in [-0.1, -0.05) is 42.6 Å². The molecule has 3 atom stereocenters. The summed E-state index contributed by atoms with van der Waals surface area (Å²) in [5.41, 5.74) is 0. The molecule has 0 heterocycles. The lowest BCUT2D eigenvalue weighted by molar-refractivity contribution is -0.124. The fourth-order valence-electron chi connectivity index (χ4n) is 3.05. The zero-order chi connectivity index (χ0) is 17.0. The molecular weight excluding hydrogens is 378 g/mol. The maximum atomic E-state index is 12.4. The predicted octanol–water partition coefficient (Wildman–Crippen LogP) is 3.55. The van der Waals surface area contributed by atoms with Crippen molar-refractivity contribution in [1.82, 2.24) is 5.32 Å². The fourth-order valence-corrected chi connectivity index (χ4v) is 4.87. The van der Waals surface area contributed by atoms with Crippen LogP contribution in [-0.4, -0.2) is 26.1 Å². The second-order valence-electron chi connectivity index (χ2n) is 6.61. The Labute approximate surface area is 147 Å². The summed E-state index contributed by atoms with van der Waals surface area (Å²) in [6.45, 7) is 3.87. The Balaban J connectivity index is 1.95. The average molecular weight is 402 g/mol. The van der Waals surface area contributed by atoms with E-state index in [4.69, 9.17) is 0 Å². The van der Waals surface area contributed by atoms with Crippen molar-refractivity contribution in [1.29, 1.82) is 0 Å². The molecular formula is C17H24BrNO3S. The van der Waals surface area contributed by atoms with Crippen molar-refractivity contribution in [2.24, 2.45) is 11.8 Å². The standard InChI is InChI=1S/C17H24BrNO3S/c1-12-4-3-5-15(10-12)19-17(20)13(2)11-23(21,22)16-8-6-14(18)7-9-16/h6-9,12-13,15H,3-5,10-11H2,1-2H3,(H,19,20)/t12-,13+,15+/m1/s1. The molecule has 1 N–H and O–H groups in total. The Morgan fingerprint density at radius 3 is 2.57 bits per heavy atom. The number of amides is 1. The molecule has 1 saturated carbocycles. The molecule has 4 nitrogen and oxygen atoms in total. The van der Waals surface area contributed by atoms with Crippen molar-refractivity contribution in [3.63, 3.8) is 0 Å². The highest BCUT2D eigenvalue weighted by Crippen LogP contribution is 2.24. The Bertz CT molecular complexity index is 642. The van der Waals surface area contributed by atoms with E-state index in [2.05, 4.69) is 28.2 Å². The molecule has 23 heavy (non-hydrogen) atoms. The molecule has 1 aromatic carbocycles. The summed E-state index contributed by atoms with van der Waals surface area (Å²) in [5.74, 6) is -0.260. The molecule has 1 aliphatic carbocycles. The molecule has 128 valence electrons. The number of carbonyl (C=O) groups is 1. The Hall–Kier alpha value is -0.880. The minimum absolute atomic E-state index is 0.162. The zero-order valence-electron chi connectivity index (χ0n) is 13.6. The van der Waals surface area contributed by atoms with Crippen molar-refractivity contribution in [3.8, 4) is 0 Å². The maximum absolute atomic E-state index is 12.4. The third kappa shape index (κ3) is 5.31. The van der Waals surface area contributed by atoms with Crippen LogP contribution in [0.25, 0.3) is 0 Å². The van der Waals surface area contributed by atoms with E-state index in [1.54, 1.807) is 31.2 Å². The lowest BCUT2D eigenvalue weighted by Gasteiger charge is -2.28. The number of benzene rings is 1. The van der Waals surface area contributed by atoms with Gasteiger partial charge in [0.2, 0.25) is 5.91 Å². The van der Waals surface area contributed by atoms with Gasteiger partial charge in [0.25, 0.3) is 0 Å². The van der Waals surface area contributed by atoms with Gasteiger partial charge >= 0.3 is 0 Å². The molecule has 1 aliphatic rings. The lowest BCUT2D eigenvalue weighted by atomic mass is 9.87. The first kappa shape index (κ1) is 18.5. The SMILES string of the molecule is C[C@@H]1CCC[C@H](NC(=O)[C@@H](C)CS(=O)(=O)c2ccc(Br)cc2)C1. The summed E-state index contributed by atoms with van der Waals surface area (Å²) >= 11 is 3.29. The van der Waals surface area contributed by atoms with Gasteiger partial charge in [0, 0.05) is 16.4 Å². The van der Waals surface area contributed by atoms with Crippen LogP contribution in [0.5, 0.6) is 0 Å². The van der Waals surface area contributed by atoms with E-state index in [0.717, 1.165) is 23.7 Å². The van der Waals surface area contributed by atoms with E-state index in [1.165, 1.54) is 6.42 Å². The molecule has 1 fully saturated rings. The van der Waals surface area contributed by atoms with Gasteiger partial charge in [0.15, 0.2) is 9.84 Å². The van der Waals surface area contributed by atoms with E-state index < -0.39 is 15.8 Å². The highest BCUT2D eigenvalue weighted by Gasteiger charge is 2.26. The van der Waals surface area contributed by atoms with Crippen molar-refractivity contribution < 1.29 is 13.2 Å². The normalized spacial score (nSPS) is 23.3. The molecule has 0 unspecified atom stereocenters. The van der Waals surface area contributed by atoms with Gasteiger partial charge in [-0.3, -0.25) is 4.79 Å². The molecule has 0 spiro atoms. The van der Waals surface area contributed by atoms with Crippen LogP contribution in [0.1, 0.15) is 39.5 Å². The predicted molar refractivity (Wildman–Crippen MR) is 94.9 cm³/mol. The van der Waals surface area contributed by atoms with Gasteiger partial charge in [0.05, 0.1) is 10.6 Å². The number of nitrogens with one attached hydrogen (secondary N) is 1. The number of carbonyl (C=O) groups excluding carboxylic acids is 1. The smallest absolute Gasteiger partial charge is 0.224 e. The molecule has 1 amide bonds. The second-order valence-corrected chi connectivity index (χ2v) is 9.56. The summed E-state index contributed by atoms with van der Waals surface area (Å²) in [6.07, 6.45) is 4.30. The van der Waals surface area contributed by atoms with Crippen molar-refractivity contribution >= 4 is 31.7 Å². The maximum Gasteiger partial charge on any atom is 0.224 e. The Morgan fingerprint density at radius 1 is 1.30 bits per heavy atom. The zero-order valence-corrected chi connectivity index (χ0v) is 16.0. The molecule has 1 aromatic rings. The third-order valence-electron chi connectivity index (χ3n) is 4.37. The fraction of sp³-hybridized carbons (Fsp3) is 0.588. The average Bonchev–Trinajstić information content (AvgIpc) is 2.47. The topological polar surface area (TPSA) is 63.2 Å². The minimum atomic E-state index is -3.45. The van der Waals surface area contributed by atoms with Crippen molar-refractivity contribution in [2.45, 2.75) is 50.5 Å². The highest BCUT2D eigenvalue weighted by atomic mass is 79.9. The third-order valence-corrected chi connectivity index (χ3v) is 6.83. The van der Waals surface area contributed by atoms with Crippen LogP contribution in [-0.2, 0) is 14.6 Å². The number of hydrogen-bond donors (Lipinski definition) is 1. The highest BCUT2D eigenvalue weighted by molar-refractivity contribution is 9.10. The van der Waals surface area contributed by atoms with Gasteiger partial charge in [-0.05, 0) is 43.0 Å². The van der Waals surface area contributed by atoms with Gasteiger partial charge in [-0.25, -0.2) is 8.42 Å². The number of hydrogen-bond acceptors (Lipinski definition) is 3. The molecule has 2 rings (SSSR count). The number of rotatable bonds is 5. The van der Waals surface area contributed by atoms with Crippen molar-refractivity contribution in [3.05, 3.63) is 28.7 Å². The van der Waals surface area contributed by atoms with E-state index >= 15 is 0 Å². The lowest BCUT2D eigenvalue weighted by Crippen LogP contribution is -2.42. The minimum Gasteiger partial charge on any atom is -0.353 e. The Kier molecular flexibility index (Phi) is 6.26. The molecule has 0 radical (unpaired) electrons. The second kappa shape index (κ2) is 7.79. The van der Waals surface area contributed by atoms with Crippen LogP contribution >= 0.6 is 15.9 Å². The molecule has 0 aromatic heterocycles. The van der Waals surface area contributed by atoms with Crippen LogP contribution in [0.2, 0.25) is 0 Å². The van der Waals surface area contributed by atoms with Crippen LogP contribution < -0.4 is 5.32 Å². The summed E-state index contributed by atoms with van der Waals surface area (Å²) < 4.78 is 25.6. The molecule has 0 aliphatic heterocycles. The molecule has 0 bridgehead atoms. The first-order valence-corrected chi connectivity index (χ1v) is 10.5.